The van der Waals surface area contributed by atoms with Crippen molar-refractivity contribution >= 4 is 17.3 Å². The Morgan fingerprint density at radius 2 is 1.40 bits per heavy atom. The first-order valence-corrected chi connectivity index (χ1v) is 11.1. The van der Waals surface area contributed by atoms with E-state index in [2.05, 4.69) is 15.1 Å². The highest BCUT2D eigenvalue weighted by Crippen LogP contribution is 2.33. The van der Waals surface area contributed by atoms with Gasteiger partial charge in [0.15, 0.2) is 0 Å². The van der Waals surface area contributed by atoms with Crippen LogP contribution in [0.15, 0.2) is 82.7 Å². The van der Waals surface area contributed by atoms with E-state index in [4.69, 9.17) is 9.63 Å². The Balaban J connectivity index is 1.33. The SMILES string of the molecule is O=C(O)c1ccc(-c2nc(-c3ccc(-c4csc(-c5ccc(C(F)(F)F)cc5)n4)cc3)no2)cc1. The normalized spacial score (nSPS) is 11.5. The molecule has 0 amide bonds. The van der Waals surface area contributed by atoms with E-state index < -0.39 is 17.7 Å². The van der Waals surface area contributed by atoms with Crippen molar-refractivity contribution in [2.45, 2.75) is 6.18 Å². The fourth-order valence-electron chi connectivity index (χ4n) is 3.34. The maximum absolute atomic E-state index is 12.8. The van der Waals surface area contributed by atoms with Crippen molar-refractivity contribution in [2.75, 3.05) is 0 Å². The minimum atomic E-state index is -4.38. The van der Waals surface area contributed by atoms with Crippen molar-refractivity contribution < 1.29 is 27.6 Å². The molecule has 0 fully saturated rings. The van der Waals surface area contributed by atoms with E-state index in [9.17, 15) is 18.0 Å². The number of carbonyl (C=O) groups is 1. The Labute approximate surface area is 200 Å². The third-order valence-electron chi connectivity index (χ3n) is 5.21. The molecule has 10 heteroatoms. The van der Waals surface area contributed by atoms with Gasteiger partial charge in [0.2, 0.25) is 5.82 Å². The maximum atomic E-state index is 12.8. The second-order valence-corrected chi connectivity index (χ2v) is 8.35. The van der Waals surface area contributed by atoms with Crippen LogP contribution in [-0.4, -0.2) is 26.2 Å². The molecule has 3 aromatic carbocycles. The number of aromatic nitrogens is 3. The Morgan fingerprint density at radius 3 is 2.03 bits per heavy atom. The van der Waals surface area contributed by atoms with Gasteiger partial charge in [0.05, 0.1) is 16.8 Å². The Bertz CT molecular complexity index is 1490. The highest BCUT2D eigenvalue weighted by molar-refractivity contribution is 7.13. The summed E-state index contributed by atoms with van der Waals surface area (Å²) in [4.78, 5) is 19.9. The third-order valence-corrected chi connectivity index (χ3v) is 6.10. The third kappa shape index (κ3) is 4.69. The average Bonchev–Trinajstić information content (AvgIpc) is 3.54. The zero-order chi connectivity index (χ0) is 24.6. The minimum absolute atomic E-state index is 0.160. The Kier molecular flexibility index (Phi) is 5.65. The summed E-state index contributed by atoms with van der Waals surface area (Å²) >= 11 is 1.35. The van der Waals surface area contributed by atoms with Gasteiger partial charge in [-0.05, 0) is 36.4 Å². The zero-order valence-electron chi connectivity index (χ0n) is 17.7. The molecule has 0 saturated heterocycles. The largest absolute Gasteiger partial charge is 0.478 e. The number of benzene rings is 3. The minimum Gasteiger partial charge on any atom is -0.478 e. The van der Waals surface area contributed by atoms with Crippen LogP contribution in [0.25, 0.3) is 44.7 Å². The number of alkyl halides is 3. The first-order chi connectivity index (χ1) is 16.8. The molecule has 0 aliphatic heterocycles. The van der Waals surface area contributed by atoms with E-state index in [1.807, 2.05) is 29.6 Å². The molecule has 1 N–H and O–H groups in total. The van der Waals surface area contributed by atoms with Gasteiger partial charge in [-0.1, -0.05) is 41.6 Å². The molecule has 0 aliphatic carbocycles. The molecular formula is C25H14F3N3O3S. The topological polar surface area (TPSA) is 89.1 Å². The lowest BCUT2D eigenvalue weighted by Crippen LogP contribution is -2.03. The number of carboxylic acid groups (broad SMARTS) is 1. The van der Waals surface area contributed by atoms with Crippen LogP contribution >= 0.6 is 11.3 Å². The summed E-state index contributed by atoms with van der Waals surface area (Å²) in [7, 11) is 0. The van der Waals surface area contributed by atoms with Gasteiger partial charge in [0.1, 0.15) is 5.01 Å². The number of aromatic carboxylic acids is 1. The van der Waals surface area contributed by atoms with Crippen molar-refractivity contribution in [2.24, 2.45) is 0 Å². The van der Waals surface area contributed by atoms with E-state index in [1.54, 1.807) is 12.1 Å². The maximum Gasteiger partial charge on any atom is 0.416 e. The predicted octanol–water partition coefficient (Wildman–Crippen LogP) is 6.91. The number of halogens is 3. The lowest BCUT2D eigenvalue weighted by Gasteiger charge is -2.06. The van der Waals surface area contributed by atoms with Crippen LogP contribution in [0, 0.1) is 0 Å². The van der Waals surface area contributed by atoms with Crippen LogP contribution in [0.2, 0.25) is 0 Å². The standard InChI is InChI=1S/C25H14F3N3O3S/c26-25(27,28)19-11-9-17(10-12-19)23-29-20(13-35-23)14-1-3-15(4-2-14)21-30-22(34-31-21)16-5-7-18(8-6-16)24(32)33/h1-13H,(H,32,33). The van der Waals surface area contributed by atoms with Crippen molar-refractivity contribution in [1.29, 1.82) is 0 Å². The Morgan fingerprint density at radius 1 is 0.800 bits per heavy atom. The van der Waals surface area contributed by atoms with Crippen molar-refractivity contribution in [3.63, 3.8) is 0 Å². The van der Waals surface area contributed by atoms with Gasteiger partial charge in [-0.25, -0.2) is 9.78 Å². The lowest BCUT2D eigenvalue weighted by molar-refractivity contribution is -0.137. The van der Waals surface area contributed by atoms with E-state index in [0.717, 1.165) is 17.7 Å². The number of rotatable bonds is 5. The van der Waals surface area contributed by atoms with Crippen LogP contribution in [0.4, 0.5) is 13.2 Å². The highest BCUT2D eigenvalue weighted by atomic mass is 32.1. The molecule has 0 bridgehead atoms. The molecule has 0 atom stereocenters. The van der Waals surface area contributed by atoms with Crippen molar-refractivity contribution in [3.8, 4) is 44.7 Å². The summed E-state index contributed by atoms with van der Waals surface area (Å²) in [5, 5.41) is 15.5. The predicted molar refractivity (Wildman–Crippen MR) is 124 cm³/mol. The molecule has 0 aliphatic rings. The van der Waals surface area contributed by atoms with Crippen LogP contribution in [0.5, 0.6) is 0 Å². The van der Waals surface area contributed by atoms with Gasteiger partial charge in [-0.2, -0.15) is 18.2 Å². The molecule has 2 heterocycles. The molecular weight excluding hydrogens is 479 g/mol. The summed E-state index contributed by atoms with van der Waals surface area (Å²) in [5.41, 5.74) is 2.91. The Hall–Kier alpha value is -4.31. The summed E-state index contributed by atoms with van der Waals surface area (Å²) in [6, 6.07) is 18.4. The quantitative estimate of drug-likeness (QED) is 0.286. The zero-order valence-corrected chi connectivity index (χ0v) is 18.5. The lowest BCUT2D eigenvalue weighted by atomic mass is 10.1. The molecule has 2 aromatic heterocycles. The van der Waals surface area contributed by atoms with Crippen LogP contribution in [-0.2, 0) is 6.18 Å². The van der Waals surface area contributed by atoms with Crippen molar-refractivity contribution in [3.05, 3.63) is 89.3 Å². The monoisotopic (exact) mass is 493 g/mol. The molecule has 0 saturated carbocycles. The number of thiazole rings is 1. The summed E-state index contributed by atoms with van der Waals surface area (Å²) in [6.07, 6.45) is -4.38. The van der Waals surface area contributed by atoms with Crippen LogP contribution < -0.4 is 0 Å². The molecule has 0 spiro atoms. The number of nitrogens with zero attached hydrogens (tertiary/aromatic N) is 3. The fourth-order valence-corrected chi connectivity index (χ4v) is 4.18. The molecule has 0 radical (unpaired) electrons. The first kappa shape index (κ1) is 22.5. The van der Waals surface area contributed by atoms with Crippen molar-refractivity contribution in [1.82, 2.24) is 15.1 Å². The first-order valence-electron chi connectivity index (χ1n) is 10.2. The van der Waals surface area contributed by atoms with Gasteiger partial charge in [0, 0.05) is 27.6 Å². The summed E-state index contributed by atoms with van der Waals surface area (Å²) < 4.78 is 43.7. The van der Waals surface area contributed by atoms with Gasteiger partial charge in [0.25, 0.3) is 5.89 Å². The fraction of sp³-hybridized carbons (Fsp3) is 0.0400. The molecule has 5 rings (SSSR count). The van der Waals surface area contributed by atoms with Gasteiger partial charge in [-0.15, -0.1) is 11.3 Å². The molecule has 35 heavy (non-hydrogen) atoms. The van der Waals surface area contributed by atoms with Gasteiger partial charge in [-0.3, -0.25) is 0 Å². The average molecular weight is 493 g/mol. The van der Waals surface area contributed by atoms with Gasteiger partial charge >= 0.3 is 12.1 Å². The summed E-state index contributed by atoms with van der Waals surface area (Å²) in [5.74, 6) is -0.381. The van der Waals surface area contributed by atoms with E-state index in [-0.39, 0.29) is 11.5 Å². The van der Waals surface area contributed by atoms with Gasteiger partial charge < -0.3 is 9.63 Å². The molecule has 0 unspecified atom stereocenters. The second-order valence-electron chi connectivity index (χ2n) is 7.50. The molecule has 174 valence electrons. The van der Waals surface area contributed by atoms with Crippen LogP contribution in [0.1, 0.15) is 15.9 Å². The van der Waals surface area contributed by atoms with Crippen LogP contribution in [0.3, 0.4) is 0 Å². The number of hydrogen-bond donors (Lipinski definition) is 1. The molecule has 5 aromatic rings. The van der Waals surface area contributed by atoms with E-state index in [0.29, 0.717) is 33.2 Å². The second kappa shape index (κ2) is 8.80. The number of hydrogen-bond acceptors (Lipinski definition) is 6. The molecule has 6 nitrogen and oxygen atoms in total. The summed E-state index contributed by atoms with van der Waals surface area (Å²) in [6.45, 7) is 0. The number of carboxylic acids is 1. The highest BCUT2D eigenvalue weighted by Gasteiger charge is 2.30. The smallest absolute Gasteiger partial charge is 0.416 e. The van der Waals surface area contributed by atoms with E-state index >= 15 is 0 Å². The van der Waals surface area contributed by atoms with E-state index in [1.165, 1.54) is 35.6 Å².